The number of carbonyl (C=O) groups is 1. The van der Waals surface area contributed by atoms with Gasteiger partial charge in [0, 0.05) is 5.69 Å². The summed E-state index contributed by atoms with van der Waals surface area (Å²) in [5, 5.41) is 5.93. The molecule has 0 spiro atoms. The van der Waals surface area contributed by atoms with Crippen molar-refractivity contribution < 1.29 is 9.53 Å². The summed E-state index contributed by atoms with van der Waals surface area (Å²) in [6, 6.07) is 13.3. The van der Waals surface area contributed by atoms with E-state index in [1.807, 2.05) is 43.3 Å². The number of carbonyl (C=O) groups excluding carboxylic acids is 1. The molecule has 0 aliphatic carbocycles. The fourth-order valence-electron chi connectivity index (χ4n) is 2.26. The van der Waals surface area contributed by atoms with E-state index in [1.165, 1.54) is 5.56 Å². The Balaban J connectivity index is 2.05. The van der Waals surface area contributed by atoms with Gasteiger partial charge in [-0.15, -0.1) is 0 Å². The zero-order valence-corrected chi connectivity index (χ0v) is 14.3. The molecule has 23 heavy (non-hydrogen) atoms. The third-order valence-corrected chi connectivity index (χ3v) is 3.71. The summed E-state index contributed by atoms with van der Waals surface area (Å²) in [6.45, 7) is 3.99. The van der Waals surface area contributed by atoms with Crippen LogP contribution in [-0.4, -0.2) is 18.1 Å². The Labute approximate surface area is 141 Å². The fraction of sp³-hybridized carbons (Fsp3) is 0.222. The van der Waals surface area contributed by atoms with Crippen LogP contribution in [0.15, 0.2) is 42.5 Å². The van der Waals surface area contributed by atoms with Gasteiger partial charge in [0.25, 0.3) is 5.91 Å². The van der Waals surface area contributed by atoms with Gasteiger partial charge in [0.05, 0.1) is 12.7 Å². The second-order valence-electron chi connectivity index (χ2n) is 5.11. The highest BCUT2D eigenvalue weighted by Crippen LogP contribution is 2.22. The van der Waals surface area contributed by atoms with E-state index < -0.39 is 0 Å². The summed E-state index contributed by atoms with van der Waals surface area (Å²) in [7, 11) is 1.55. The Morgan fingerprint density at radius 2 is 1.87 bits per heavy atom. The van der Waals surface area contributed by atoms with E-state index in [2.05, 4.69) is 17.6 Å². The van der Waals surface area contributed by atoms with E-state index in [0.717, 1.165) is 17.7 Å². The molecule has 1 amide bonds. The molecule has 2 aromatic rings. The molecule has 5 heteroatoms. The number of ether oxygens (including phenoxy) is 1. The van der Waals surface area contributed by atoms with Gasteiger partial charge in [-0.3, -0.25) is 10.1 Å². The van der Waals surface area contributed by atoms with E-state index in [9.17, 15) is 4.79 Å². The first kappa shape index (κ1) is 17.0. The summed E-state index contributed by atoms with van der Waals surface area (Å²) in [5.74, 6) is 0.258. The fourth-order valence-corrected chi connectivity index (χ4v) is 2.47. The van der Waals surface area contributed by atoms with Crippen LogP contribution < -0.4 is 15.4 Å². The van der Waals surface area contributed by atoms with Crippen LogP contribution >= 0.6 is 12.2 Å². The zero-order valence-electron chi connectivity index (χ0n) is 13.5. The predicted octanol–water partition coefficient (Wildman–Crippen LogP) is 3.69. The molecule has 2 N–H and O–H groups in total. The van der Waals surface area contributed by atoms with Crippen molar-refractivity contribution in [1.82, 2.24) is 5.32 Å². The van der Waals surface area contributed by atoms with Gasteiger partial charge in [0.1, 0.15) is 5.75 Å². The highest BCUT2D eigenvalue weighted by molar-refractivity contribution is 7.80. The molecule has 0 radical (unpaired) electrons. The van der Waals surface area contributed by atoms with Crippen molar-refractivity contribution in [1.29, 1.82) is 0 Å². The smallest absolute Gasteiger partial charge is 0.261 e. The number of hydrogen-bond acceptors (Lipinski definition) is 3. The van der Waals surface area contributed by atoms with Gasteiger partial charge in [-0.1, -0.05) is 31.2 Å². The maximum Gasteiger partial charge on any atom is 0.261 e. The summed E-state index contributed by atoms with van der Waals surface area (Å²) < 4.78 is 5.30. The molecule has 0 heterocycles. The average molecular weight is 328 g/mol. The van der Waals surface area contributed by atoms with Crippen molar-refractivity contribution in [2.24, 2.45) is 0 Å². The Hall–Kier alpha value is -2.40. The highest BCUT2D eigenvalue weighted by atomic mass is 32.1. The van der Waals surface area contributed by atoms with Crippen LogP contribution in [0.25, 0.3) is 0 Å². The number of amides is 1. The van der Waals surface area contributed by atoms with E-state index in [1.54, 1.807) is 13.2 Å². The number of para-hydroxylation sites is 1. The number of benzene rings is 2. The van der Waals surface area contributed by atoms with Gasteiger partial charge in [0.15, 0.2) is 5.11 Å². The molecule has 2 rings (SSSR count). The lowest BCUT2D eigenvalue weighted by molar-refractivity contribution is 0.0974. The Kier molecular flexibility index (Phi) is 5.71. The van der Waals surface area contributed by atoms with Crippen molar-refractivity contribution in [2.75, 3.05) is 12.4 Å². The van der Waals surface area contributed by atoms with E-state index >= 15 is 0 Å². The summed E-state index contributed by atoms with van der Waals surface area (Å²) in [4.78, 5) is 12.4. The second-order valence-corrected chi connectivity index (χ2v) is 5.52. The first-order valence-corrected chi connectivity index (χ1v) is 7.80. The molecular weight excluding hydrogens is 308 g/mol. The van der Waals surface area contributed by atoms with E-state index in [0.29, 0.717) is 11.3 Å². The number of nitrogens with one attached hydrogen (secondary N) is 2. The Morgan fingerprint density at radius 1 is 1.17 bits per heavy atom. The maximum absolute atomic E-state index is 12.4. The lowest BCUT2D eigenvalue weighted by atomic mass is 10.1. The van der Waals surface area contributed by atoms with Crippen molar-refractivity contribution in [3.63, 3.8) is 0 Å². The van der Waals surface area contributed by atoms with Crippen molar-refractivity contribution in [2.45, 2.75) is 20.3 Å². The molecule has 0 unspecified atom stereocenters. The first-order chi connectivity index (χ1) is 11.0. The van der Waals surface area contributed by atoms with Crippen LogP contribution in [-0.2, 0) is 6.42 Å². The lowest BCUT2D eigenvalue weighted by Crippen LogP contribution is -2.34. The minimum absolute atomic E-state index is 0.253. The van der Waals surface area contributed by atoms with Gasteiger partial charge >= 0.3 is 0 Å². The molecule has 0 fully saturated rings. The van der Waals surface area contributed by atoms with Crippen molar-refractivity contribution in [3.05, 3.63) is 59.2 Å². The minimum atomic E-state index is -0.298. The molecule has 4 nitrogen and oxygen atoms in total. The molecule has 120 valence electrons. The SMILES string of the molecule is CCc1ccc(NC(=S)NC(=O)c2cccc(C)c2OC)cc1. The number of thiocarbonyl (C=S) groups is 1. The van der Waals surface area contributed by atoms with E-state index in [-0.39, 0.29) is 11.0 Å². The molecule has 0 aliphatic heterocycles. The van der Waals surface area contributed by atoms with Gasteiger partial charge in [-0.2, -0.15) is 0 Å². The van der Waals surface area contributed by atoms with Crippen LogP contribution in [0.1, 0.15) is 28.4 Å². The summed E-state index contributed by atoms with van der Waals surface area (Å²) in [6.07, 6.45) is 0.981. The van der Waals surface area contributed by atoms with Crippen LogP contribution in [0.4, 0.5) is 5.69 Å². The third kappa shape index (κ3) is 4.29. The quantitative estimate of drug-likeness (QED) is 0.841. The maximum atomic E-state index is 12.4. The zero-order chi connectivity index (χ0) is 16.8. The molecular formula is C18H20N2O2S. The number of methoxy groups -OCH3 is 1. The van der Waals surface area contributed by atoms with E-state index in [4.69, 9.17) is 17.0 Å². The predicted molar refractivity (Wildman–Crippen MR) is 97.2 cm³/mol. The summed E-state index contributed by atoms with van der Waals surface area (Å²) >= 11 is 5.20. The molecule has 0 aromatic heterocycles. The number of anilines is 1. The molecule has 0 aliphatic rings. The Morgan fingerprint density at radius 3 is 2.48 bits per heavy atom. The number of aryl methyl sites for hydroxylation is 2. The monoisotopic (exact) mass is 328 g/mol. The number of hydrogen-bond donors (Lipinski definition) is 2. The number of rotatable bonds is 4. The Bertz CT molecular complexity index is 711. The normalized spacial score (nSPS) is 10.0. The van der Waals surface area contributed by atoms with Crippen molar-refractivity contribution in [3.8, 4) is 5.75 Å². The van der Waals surface area contributed by atoms with Crippen LogP contribution in [0.2, 0.25) is 0 Å². The third-order valence-electron chi connectivity index (χ3n) is 3.51. The van der Waals surface area contributed by atoms with Gasteiger partial charge in [-0.05, 0) is 54.9 Å². The standard InChI is InChI=1S/C18H20N2O2S/c1-4-13-8-10-14(11-9-13)19-18(23)20-17(21)15-7-5-6-12(2)16(15)22-3/h5-11H,4H2,1-3H3,(H2,19,20,21,23). The minimum Gasteiger partial charge on any atom is -0.496 e. The molecule has 0 bridgehead atoms. The molecule has 2 aromatic carbocycles. The van der Waals surface area contributed by atoms with Crippen molar-refractivity contribution >= 4 is 28.9 Å². The average Bonchev–Trinajstić information content (AvgIpc) is 2.55. The van der Waals surface area contributed by atoms with Crippen LogP contribution in [0, 0.1) is 6.92 Å². The van der Waals surface area contributed by atoms with Crippen LogP contribution in [0.5, 0.6) is 5.75 Å². The molecule has 0 saturated carbocycles. The largest absolute Gasteiger partial charge is 0.496 e. The van der Waals surface area contributed by atoms with Gasteiger partial charge in [0.2, 0.25) is 0 Å². The lowest BCUT2D eigenvalue weighted by Gasteiger charge is -2.13. The molecule has 0 atom stereocenters. The first-order valence-electron chi connectivity index (χ1n) is 7.40. The van der Waals surface area contributed by atoms with Gasteiger partial charge in [-0.25, -0.2) is 0 Å². The van der Waals surface area contributed by atoms with Crippen LogP contribution in [0.3, 0.4) is 0 Å². The topological polar surface area (TPSA) is 50.4 Å². The molecule has 0 saturated heterocycles. The highest BCUT2D eigenvalue weighted by Gasteiger charge is 2.15. The second kappa shape index (κ2) is 7.74. The van der Waals surface area contributed by atoms with Gasteiger partial charge < -0.3 is 10.1 Å². The summed E-state index contributed by atoms with van der Waals surface area (Å²) in [5.41, 5.74) is 3.44.